The van der Waals surface area contributed by atoms with E-state index in [4.69, 9.17) is 4.74 Å². The van der Waals surface area contributed by atoms with Crippen LogP contribution in [0.2, 0.25) is 0 Å². The quantitative estimate of drug-likeness (QED) is 0.780. The fourth-order valence-corrected chi connectivity index (χ4v) is 4.42. The molecule has 110 valence electrons. The molecule has 0 aliphatic heterocycles. The average molecular weight is 378 g/mol. The Labute approximate surface area is 134 Å². The third kappa shape index (κ3) is 3.12. The lowest BCUT2D eigenvalue weighted by atomic mass is 10.2. The second-order valence-corrected chi connectivity index (χ2v) is 8.01. The standard InChI is InChI=1S/C12H16BrN3O2S2/c1-6-7(14-11(17)18-12(2,3)4)9-16(15-6)8(13)10(19-5)20-9/h1-5H3,(H,14,17). The minimum absolute atomic E-state index is 0.467. The molecule has 0 bridgehead atoms. The van der Waals surface area contributed by atoms with Crippen LogP contribution in [0.3, 0.4) is 0 Å². The number of thioether (sulfide) groups is 1. The van der Waals surface area contributed by atoms with Crippen LogP contribution in [0.4, 0.5) is 10.5 Å². The van der Waals surface area contributed by atoms with Crippen molar-refractivity contribution in [2.24, 2.45) is 0 Å². The van der Waals surface area contributed by atoms with Crippen molar-refractivity contribution in [1.29, 1.82) is 0 Å². The molecule has 2 aromatic heterocycles. The van der Waals surface area contributed by atoms with Crippen LogP contribution in [0.5, 0.6) is 0 Å². The zero-order valence-electron chi connectivity index (χ0n) is 11.9. The van der Waals surface area contributed by atoms with Gasteiger partial charge in [0.1, 0.15) is 20.7 Å². The van der Waals surface area contributed by atoms with E-state index in [1.807, 2.05) is 34.0 Å². The zero-order valence-corrected chi connectivity index (χ0v) is 15.1. The number of aromatic nitrogens is 2. The summed E-state index contributed by atoms with van der Waals surface area (Å²) in [5, 5.41) is 7.22. The van der Waals surface area contributed by atoms with Crippen molar-refractivity contribution in [3.05, 3.63) is 10.3 Å². The van der Waals surface area contributed by atoms with E-state index < -0.39 is 11.7 Å². The monoisotopic (exact) mass is 377 g/mol. The fraction of sp³-hybridized carbons (Fsp3) is 0.500. The Hall–Kier alpha value is -0.730. The van der Waals surface area contributed by atoms with Crippen molar-refractivity contribution in [2.45, 2.75) is 37.5 Å². The van der Waals surface area contributed by atoms with Crippen molar-refractivity contribution < 1.29 is 9.53 Å². The van der Waals surface area contributed by atoms with Crippen LogP contribution in [0.25, 0.3) is 4.83 Å². The second kappa shape index (κ2) is 5.57. The number of hydrogen-bond donors (Lipinski definition) is 1. The van der Waals surface area contributed by atoms with E-state index >= 15 is 0 Å². The molecule has 0 atom stereocenters. The number of hydrogen-bond acceptors (Lipinski definition) is 5. The summed E-state index contributed by atoms with van der Waals surface area (Å²) in [6.07, 6.45) is 1.54. The first-order valence-electron chi connectivity index (χ1n) is 5.94. The van der Waals surface area contributed by atoms with Crippen molar-refractivity contribution in [3.63, 3.8) is 0 Å². The van der Waals surface area contributed by atoms with Gasteiger partial charge in [-0.25, -0.2) is 9.31 Å². The van der Waals surface area contributed by atoms with Crippen LogP contribution in [-0.4, -0.2) is 27.6 Å². The Morgan fingerprint density at radius 2 is 2.15 bits per heavy atom. The number of nitrogens with zero attached hydrogens (tertiary/aromatic N) is 2. The Bertz CT molecular complexity index is 658. The van der Waals surface area contributed by atoms with Gasteiger partial charge in [0, 0.05) is 0 Å². The van der Waals surface area contributed by atoms with Gasteiger partial charge in [-0.05, 0) is 49.9 Å². The molecule has 0 aliphatic rings. The number of thiazole rings is 1. The highest BCUT2D eigenvalue weighted by Crippen LogP contribution is 2.39. The SMILES string of the molecule is CSc1sc2c(NC(=O)OC(C)(C)C)c(C)nn2c1Br. The number of fused-ring (bicyclic) bond motifs is 1. The molecule has 0 saturated carbocycles. The van der Waals surface area contributed by atoms with Crippen LogP contribution in [0.15, 0.2) is 8.81 Å². The van der Waals surface area contributed by atoms with Crippen LogP contribution >= 0.6 is 39.0 Å². The lowest BCUT2D eigenvalue weighted by Gasteiger charge is -2.19. The number of aryl methyl sites for hydroxylation is 1. The first kappa shape index (κ1) is 15.7. The lowest BCUT2D eigenvalue weighted by molar-refractivity contribution is 0.0636. The number of halogens is 1. The molecule has 2 heterocycles. The van der Waals surface area contributed by atoms with Gasteiger partial charge in [-0.3, -0.25) is 5.32 Å². The van der Waals surface area contributed by atoms with Crippen molar-refractivity contribution in [1.82, 2.24) is 9.61 Å². The first-order valence-corrected chi connectivity index (χ1v) is 8.78. The Balaban J connectivity index is 2.34. The van der Waals surface area contributed by atoms with E-state index in [2.05, 4.69) is 26.3 Å². The Kier molecular flexibility index (Phi) is 4.36. The average Bonchev–Trinajstić information content (AvgIpc) is 2.76. The summed E-state index contributed by atoms with van der Waals surface area (Å²) in [6, 6.07) is 0. The number of carbonyl (C=O) groups excluding carboxylic acids is 1. The van der Waals surface area contributed by atoms with E-state index in [1.54, 1.807) is 27.6 Å². The molecule has 2 rings (SSSR count). The van der Waals surface area contributed by atoms with Crippen LogP contribution in [0, 0.1) is 6.92 Å². The molecular formula is C12H16BrN3O2S2. The molecule has 0 unspecified atom stereocenters. The van der Waals surface area contributed by atoms with E-state index in [0.29, 0.717) is 5.69 Å². The van der Waals surface area contributed by atoms with Crippen LogP contribution < -0.4 is 5.32 Å². The van der Waals surface area contributed by atoms with Crippen molar-refractivity contribution in [2.75, 3.05) is 11.6 Å². The number of ether oxygens (including phenoxy) is 1. The second-order valence-electron chi connectivity index (χ2n) is 5.19. The topological polar surface area (TPSA) is 55.6 Å². The maximum atomic E-state index is 11.9. The van der Waals surface area contributed by atoms with Crippen molar-refractivity contribution >= 4 is 55.6 Å². The number of rotatable bonds is 2. The van der Waals surface area contributed by atoms with Gasteiger partial charge in [-0.1, -0.05) is 0 Å². The molecular weight excluding hydrogens is 362 g/mol. The minimum atomic E-state index is -0.523. The predicted octanol–water partition coefficient (Wildman–Crippen LogP) is 4.54. The smallest absolute Gasteiger partial charge is 0.412 e. The largest absolute Gasteiger partial charge is 0.444 e. The van der Waals surface area contributed by atoms with Gasteiger partial charge in [-0.15, -0.1) is 23.1 Å². The van der Waals surface area contributed by atoms with Gasteiger partial charge < -0.3 is 4.74 Å². The number of carbonyl (C=O) groups is 1. The zero-order chi connectivity index (χ0) is 15.1. The maximum Gasteiger partial charge on any atom is 0.412 e. The van der Waals surface area contributed by atoms with Gasteiger partial charge in [0.2, 0.25) is 0 Å². The van der Waals surface area contributed by atoms with E-state index in [1.165, 1.54) is 0 Å². The van der Waals surface area contributed by atoms with Gasteiger partial charge >= 0.3 is 6.09 Å². The molecule has 1 amide bonds. The summed E-state index contributed by atoms with van der Waals surface area (Å²) >= 11 is 6.73. The molecule has 20 heavy (non-hydrogen) atoms. The highest BCUT2D eigenvalue weighted by molar-refractivity contribution is 9.10. The number of amides is 1. The first-order chi connectivity index (χ1) is 9.23. The van der Waals surface area contributed by atoms with Crippen molar-refractivity contribution in [3.8, 4) is 0 Å². The van der Waals surface area contributed by atoms with E-state index in [0.717, 1.165) is 19.3 Å². The van der Waals surface area contributed by atoms with Gasteiger partial charge in [0.25, 0.3) is 0 Å². The maximum absolute atomic E-state index is 11.9. The normalized spacial score (nSPS) is 11.9. The summed E-state index contributed by atoms with van der Waals surface area (Å²) in [4.78, 5) is 12.8. The van der Waals surface area contributed by atoms with E-state index in [9.17, 15) is 4.79 Å². The third-order valence-electron chi connectivity index (χ3n) is 2.37. The predicted molar refractivity (Wildman–Crippen MR) is 87.1 cm³/mol. The summed E-state index contributed by atoms with van der Waals surface area (Å²) in [5.74, 6) is 0. The highest BCUT2D eigenvalue weighted by Gasteiger charge is 2.22. The summed E-state index contributed by atoms with van der Waals surface area (Å²) in [7, 11) is 0. The Morgan fingerprint density at radius 3 is 2.70 bits per heavy atom. The lowest BCUT2D eigenvalue weighted by Crippen LogP contribution is -2.27. The van der Waals surface area contributed by atoms with Gasteiger partial charge in [0.05, 0.1) is 9.90 Å². The molecule has 8 heteroatoms. The molecule has 0 fully saturated rings. The Morgan fingerprint density at radius 1 is 1.50 bits per heavy atom. The van der Waals surface area contributed by atoms with Crippen LogP contribution in [0.1, 0.15) is 26.5 Å². The number of anilines is 1. The molecule has 0 aromatic carbocycles. The van der Waals surface area contributed by atoms with Crippen LogP contribution in [-0.2, 0) is 4.74 Å². The van der Waals surface area contributed by atoms with Gasteiger partial charge in [0.15, 0.2) is 0 Å². The molecule has 0 aliphatic carbocycles. The molecule has 2 aromatic rings. The summed E-state index contributed by atoms with van der Waals surface area (Å²) in [6.45, 7) is 7.36. The fourth-order valence-electron chi connectivity index (χ4n) is 1.63. The molecule has 1 N–H and O–H groups in total. The number of nitrogens with one attached hydrogen (secondary N) is 1. The molecule has 0 spiro atoms. The van der Waals surface area contributed by atoms with Gasteiger partial charge in [-0.2, -0.15) is 5.10 Å². The summed E-state index contributed by atoms with van der Waals surface area (Å²) in [5.41, 5.74) is 0.936. The molecule has 0 radical (unpaired) electrons. The molecule has 0 saturated heterocycles. The summed E-state index contributed by atoms with van der Waals surface area (Å²) < 4.78 is 9.09. The third-order valence-corrected chi connectivity index (χ3v) is 5.89. The highest BCUT2D eigenvalue weighted by atomic mass is 79.9. The van der Waals surface area contributed by atoms with E-state index in [-0.39, 0.29) is 0 Å². The molecule has 5 nitrogen and oxygen atoms in total. The minimum Gasteiger partial charge on any atom is -0.444 e.